The summed E-state index contributed by atoms with van der Waals surface area (Å²) in [6.07, 6.45) is 5.38. The fourth-order valence-electron chi connectivity index (χ4n) is 2.69. The molecule has 8 heteroatoms. The van der Waals surface area contributed by atoms with Gasteiger partial charge < -0.3 is 5.32 Å². The first-order valence-corrected chi connectivity index (χ1v) is 9.67. The molecule has 4 rings (SSSR count). The summed E-state index contributed by atoms with van der Waals surface area (Å²) in [5, 5.41) is 8.63. The Labute approximate surface area is 165 Å². The molecular weight excluding hydrogens is 382 g/mol. The van der Waals surface area contributed by atoms with Crippen molar-refractivity contribution in [3.8, 4) is 0 Å². The molecule has 0 aliphatic heterocycles. The molecule has 1 aromatic carbocycles. The molecule has 1 N–H and O–H groups in total. The number of thioether (sulfide) groups is 1. The minimum atomic E-state index is -0.117. The van der Waals surface area contributed by atoms with Crippen molar-refractivity contribution in [2.45, 2.75) is 11.7 Å². The lowest BCUT2D eigenvalue weighted by atomic mass is 10.2. The van der Waals surface area contributed by atoms with Gasteiger partial charge in [0.2, 0.25) is 5.91 Å². The number of amides is 1. The molecule has 0 saturated carbocycles. The van der Waals surface area contributed by atoms with Crippen LogP contribution in [0.1, 0.15) is 5.56 Å². The maximum Gasteiger partial charge on any atom is 0.235 e. The fraction of sp³-hybridized carbons (Fsp3) is 0.105. The van der Waals surface area contributed by atoms with E-state index in [4.69, 9.17) is 11.6 Å². The molecule has 0 unspecified atom stereocenters. The summed E-state index contributed by atoms with van der Waals surface area (Å²) >= 11 is 7.60. The third kappa shape index (κ3) is 3.99. The average molecular weight is 398 g/mol. The molecule has 3 heterocycles. The number of pyridine rings is 1. The van der Waals surface area contributed by atoms with E-state index in [1.807, 2.05) is 53.1 Å². The quantitative estimate of drug-likeness (QED) is 0.500. The van der Waals surface area contributed by atoms with E-state index in [1.54, 1.807) is 23.1 Å². The summed E-state index contributed by atoms with van der Waals surface area (Å²) in [4.78, 5) is 16.7. The van der Waals surface area contributed by atoms with Gasteiger partial charge in [0.1, 0.15) is 5.82 Å². The Hall–Kier alpha value is -2.77. The number of carbonyl (C=O) groups is 1. The van der Waals surface area contributed by atoms with Crippen LogP contribution in [-0.4, -0.2) is 30.8 Å². The third-order valence-electron chi connectivity index (χ3n) is 4.00. The van der Waals surface area contributed by atoms with Crippen LogP contribution in [0.15, 0.2) is 72.3 Å². The number of fused-ring (bicyclic) bond motifs is 1. The number of nitrogens with zero attached hydrogens (tertiary/aromatic N) is 4. The van der Waals surface area contributed by atoms with Gasteiger partial charge in [0, 0.05) is 17.3 Å². The van der Waals surface area contributed by atoms with Crippen molar-refractivity contribution in [2.24, 2.45) is 0 Å². The van der Waals surface area contributed by atoms with Crippen molar-refractivity contribution in [3.05, 3.63) is 77.7 Å². The van der Waals surface area contributed by atoms with Gasteiger partial charge in [0.25, 0.3) is 0 Å². The predicted octanol–water partition coefficient (Wildman–Crippen LogP) is 3.96. The second kappa shape index (κ2) is 7.85. The largest absolute Gasteiger partial charge is 0.310 e. The average Bonchev–Trinajstić information content (AvgIpc) is 3.29. The highest BCUT2D eigenvalue weighted by molar-refractivity contribution is 7.99. The number of carbonyl (C=O) groups excluding carboxylic acids is 1. The second-order valence-electron chi connectivity index (χ2n) is 5.84. The molecule has 0 aliphatic carbocycles. The van der Waals surface area contributed by atoms with Crippen LogP contribution in [0.3, 0.4) is 0 Å². The van der Waals surface area contributed by atoms with Gasteiger partial charge >= 0.3 is 0 Å². The van der Waals surface area contributed by atoms with Crippen LogP contribution in [0.25, 0.3) is 5.52 Å². The van der Waals surface area contributed by atoms with Crippen LogP contribution in [-0.2, 0) is 11.3 Å². The number of anilines is 1. The minimum absolute atomic E-state index is 0.117. The molecule has 1 amide bonds. The number of rotatable bonds is 6. The highest BCUT2D eigenvalue weighted by Crippen LogP contribution is 2.20. The summed E-state index contributed by atoms with van der Waals surface area (Å²) in [7, 11) is 0. The third-order valence-corrected chi connectivity index (χ3v) is 5.33. The molecule has 3 aromatic heterocycles. The van der Waals surface area contributed by atoms with Crippen molar-refractivity contribution in [3.63, 3.8) is 0 Å². The minimum Gasteiger partial charge on any atom is -0.310 e. The van der Waals surface area contributed by atoms with E-state index in [0.717, 1.165) is 16.2 Å². The Bertz CT molecular complexity index is 1090. The molecule has 0 saturated heterocycles. The summed E-state index contributed by atoms with van der Waals surface area (Å²) < 4.78 is 3.67. The van der Waals surface area contributed by atoms with Gasteiger partial charge in [-0.25, -0.2) is 9.67 Å². The van der Waals surface area contributed by atoms with Gasteiger partial charge in [-0.3, -0.25) is 9.20 Å². The van der Waals surface area contributed by atoms with Crippen LogP contribution < -0.4 is 5.32 Å². The van der Waals surface area contributed by atoms with Crippen molar-refractivity contribution in [2.75, 3.05) is 11.1 Å². The predicted molar refractivity (Wildman–Crippen MR) is 107 cm³/mol. The summed E-state index contributed by atoms with van der Waals surface area (Å²) in [6.45, 7) is 0.486. The van der Waals surface area contributed by atoms with Gasteiger partial charge in [-0.05, 0) is 23.8 Å². The lowest BCUT2D eigenvalue weighted by molar-refractivity contribution is -0.113. The Morgan fingerprint density at radius 3 is 2.89 bits per heavy atom. The monoisotopic (exact) mass is 397 g/mol. The number of aromatic nitrogens is 4. The molecule has 0 bridgehead atoms. The van der Waals surface area contributed by atoms with Gasteiger partial charge in [-0.1, -0.05) is 47.6 Å². The zero-order valence-electron chi connectivity index (χ0n) is 14.2. The van der Waals surface area contributed by atoms with Crippen molar-refractivity contribution >= 4 is 40.6 Å². The summed E-state index contributed by atoms with van der Waals surface area (Å²) in [6, 6.07) is 15.2. The van der Waals surface area contributed by atoms with E-state index in [-0.39, 0.29) is 11.7 Å². The lowest BCUT2D eigenvalue weighted by Gasteiger charge is -2.10. The van der Waals surface area contributed by atoms with E-state index < -0.39 is 0 Å². The summed E-state index contributed by atoms with van der Waals surface area (Å²) in [5.74, 6) is 0.771. The Kier molecular flexibility index (Phi) is 5.13. The van der Waals surface area contributed by atoms with Crippen LogP contribution in [0, 0.1) is 0 Å². The first-order valence-electron chi connectivity index (χ1n) is 8.30. The zero-order chi connectivity index (χ0) is 18.6. The van der Waals surface area contributed by atoms with E-state index in [0.29, 0.717) is 17.4 Å². The number of nitrogens with one attached hydrogen (secondary N) is 1. The SMILES string of the molecule is O=C(CSc1ncc2ccccn12)Nc1ccnn1Cc1ccccc1Cl. The van der Waals surface area contributed by atoms with E-state index in [1.165, 1.54) is 11.8 Å². The molecule has 0 fully saturated rings. The summed E-state index contributed by atoms with van der Waals surface area (Å²) in [5.41, 5.74) is 1.94. The topological polar surface area (TPSA) is 64.2 Å². The van der Waals surface area contributed by atoms with Crippen LogP contribution >= 0.6 is 23.4 Å². The molecule has 27 heavy (non-hydrogen) atoms. The van der Waals surface area contributed by atoms with Crippen LogP contribution in [0.2, 0.25) is 5.02 Å². The molecular formula is C19H16ClN5OS. The van der Waals surface area contributed by atoms with Gasteiger partial charge in [-0.2, -0.15) is 5.10 Å². The molecule has 0 aliphatic rings. The van der Waals surface area contributed by atoms with Crippen LogP contribution in [0.5, 0.6) is 0 Å². The standard InChI is InChI=1S/C19H16ClN5OS/c20-16-7-2-1-5-14(16)12-25-17(8-9-22-25)23-18(26)13-27-19-21-11-15-6-3-4-10-24(15)19/h1-11H,12-13H2,(H,23,26). The Morgan fingerprint density at radius 1 is 1.15 bits per heavy atom. The zero-order valence-corrected chi connectivity index (χ0v) is 15.8. The number of halogens is 1. The molecule has 136 valence electrons. The number of hydrogen-bond acceptors (Lipinski definition) is 4. The molecule has 0 spiro atoms. The van der Waals surface area contributed by atoms with E-state index in [9.17, 15) is 4.79 Å². The van der Waals surface area contributed by atoms with E-state index in [2.05, 4.69) is 15.4 Å². The Morgan fingerprint density at radius 2 is 2.00 bits per heavy atom. The number of imidazole rings is 1. The highest BCUT2D eigenvalue weighted by atomic mass is 35.5. The number of hydrogen-bond donors (Lipinski definition) is 1. The fourth-order valence-corrected chi connectivity index (χ4v) is 3.65. The van der Waals surface area contributed by atoms with Gasteiger partial charge in [0.05, 0.1) is 30.2 Å². The first-order chi connectivity index (χ1) is 13.2. The molecule has 6 nitrogen and oxygen atoms in total. The first kappa shape index (κ1) is 17.6. The van der Waals surface area contributed by atoms with Crippen molar-refractivity contribution in [1.29, 1.82) is 0 Å². The van der Waals surface area contributed by atoms with Crippen molar-refractivity contribution in [1.82, 2.24) is 19.2 Å². The normalized spacial score (nSPS) is 11.0. The molecule has 4 aromatic rings. The van der Waals surface area contributed by atoms with Crippen molar-refractivity contribution < 1.29 is 4.79 Å². The second-order valence-corrected chi connectivity index (χ2v) is 7.19. The number of benzene rings is 1. The smallest absolute Gasteiger partial charge is 0.235 e. The maximum atomic E-state index is 12.4. The maximum absolute atomic E-state index is 12.4. The highest BCUT2D eigenvalue weighted by Gasteiger charge is 2.11. The van der Waals surface area contributed by atoms with Gasteiger partial charge in [0.15, 0.2) is 5.16 Å². The lowest BCUT2D eigenvalue weighted by Crippen LogP contribution is -2.18. The Balaban J connectivity index is 1.40. The van der Waals surface area contributed by atoms with Crippen LogP contribution in [0.4, 0.5) is 5.82 Å². The van der Waals surface area contributed by atoms with E-state index >= 15 is 0 Å². The molecule has 0 radical (unpaired) electrons. The molecule has 0 atom stereocenters. The van der Waals surface area contributed by atoms with Gasteiger partial charge in [-0.15, -0.1) is 0 Å².